The van der Waals surface area contributed by atoms with Gasteiger partial charge in [0, 0.05) is 26.9 Å². The molecule has 0 N–H and O–H groups in total. The van der Waals surface area contributed by atoms with Crippen molar-refractivity contribution >= 4 is 11.3 Å². The molecule has 0 radical (unpaired) electrons. The zero-order chi connectivity index (χ0) is 22.9. The summed E-state index contributed by atoms with van der Waals surface area (Å²) in [7, 11) is 0. The van der Waals surface area contributed by atoms with E-state index in [9.17, 15) is 0 Å². The van der Waals surface area contributed by atoms with E-state index in [1.165, 1.54) is 59.8 Å². The average Bonchev–Trinajstić information content (AvgIpc) is 3.54. The fourth-order valence-corrected chi connectivity index (χ4v) is 6.97. The van der Waals surface area contributed by atoms with Crippen LogP contribution in [0.2, 0.25) is 0 Å². The van der Waals surface area contributed by atoms with E-state index >= 15 is 0 Å². The van der Waals surface area contributed by atoms with Gasteiger partial charge < -0.3 is 0 Å². The van der Waals surface area contributed by atoms with Crippen molar-refractivity contribution in [2.45, 2.75) is 32.1 Å². The second-order valence-corrected chi connectivity index (χ2v) is 11.1. The van der Waals surface area contributed by atoms with Gasteiger partial charge in [-0.1, -0.05) is 54.1 Å². The van der Waals surface area contributed by atoms with Crippen LogP contribution in [-0.2, 0) is 18.3 Å². The number of hydrogen-bond donors (Lipinski definition) is 0. The lowest BCUT2D eigenvalue weighted by Crippen LogP contribution is -2.26. The molecule has 0 amide bonds. The first kappa shape index (κ1) is 19.9. The quantitative estimate of drug-likeness (QED) is 0.262. The fourth-order valence-electron chi connectivity index (χ4n) is 6.10. The molecule has 5 aromatic rings. The molecule has 34 heavy (non-hydrogen) atoms. The third-order valence-electron chi connectivity index (χ3n) is 7.69. The van der Waals surface area contributed by atoms with Crippen LogP contribution in [-0.4, -0.2) is 4.98 Å². The zero-order valence-electron chi connectivity index (χ0n) is 19.4. The first-order valence-electron chi connectivity index (χ1n) is 12.0. The van der Waals surface area contributed by atoms with Crippen molar-refractivity contribution in [2.75, 3.05) is 0 Å². The Hall–Kier alpha value is -3.49. The van der Waals surface area contributed by atoms with Gasteiger partial charge in [-0.05, 0) is 102 Å². The predicted molar refractivity (Wildman–Crippen MR) is 143 cm³/mol. The maximum atomic E-state index is 4.60. The smallest absolute Gasteiger partial charge is 0.0702 e. The summed E-state index contributed by atoms with van der Waals surface area (Å²) >= 11 is 1.88. The van der Waals surface area contributed by atoms with Gasteiger partial charge in [0.1, 0.15) is 0 Å². The summed E-state index contributed by atoms with van der Waals surface area (Å²) < 4.78 is 0. The summed E-state index contributed by atoms with van der Waals surface area (Å²) in [4.78, 5) is 7.31. The summed E-state index contributed by atoms with van der Waals surface area (Å²) in [6.07, 6.45) is 3.98. The van der Waals surface area contributed by atoms with Gasteiger partial charge in [-0.25, -0.2) is 0 Å². The number of fused-ring (bicyclic) bond motifs is 6. The number of hydrogen-bond acceptors (Lipinski definition) is 2. The third-order valence-corrected chi connectivity index (χ3v) is 8.74. The molecule has 1 atom stereocenters. The molecule has 1 nitrogen and oxygen atoms in total. The molecule has 164 valence electrons. The van der Waals surface area contributed by atoms with Crippen LogP contribution in [0.25, 0.3) is 32.8 Å². The SMILES string of the molecule is Cc1ccc2c(c1)C1(Cc3ccc(-c4ccccn4)cc3C1)c1cc(-c3ccc(C)s3)ccc1-2. The molecule has 2 aromatic heterocycles. The number of aromatic nitrogens is 1. The van der Waals surface area contributed by atoms with E-state index in [4.69, 9.17) is 0 Å². The predicted octanol–water partition coefficient (Wildman–Crippen LogP) is 8.16. The molecule has 7 rings (SSSR count). The number of nitrogens with zero attached hydrogens (tertiary/aromatic N) is 1. The van der Waals surface area contributed by atoms with Crippen molar-refractivity contribution < 1.29 is 0 Å². The third kappa shape index (κ3) is 2.88. The molecule has 2 heterocycles. The summed E-state index contributed by atoms with van der Waals surface area (Å²) in [5.41, 5.74) is 13.7. The highest BCUT2D eigenvalue weighted by Gasteiger charge is 2.47. The van der Waals surface area contributed by atoms with Gasteiger partial charge in [0.2, 0.25) is 0 Å². The summed E-state index contributed by atoms with van der Waals surface area (Å²) in [5.74, 6) is 0. The van der Waals surface area contributed by atoms with Crippen LogP contribution in [0.15, 0.2) is 91.1 Å². The van der Waals surface area contributed by atoms with E-state index in [2.05, 4.69) is 97.7 Å². The molecule has 1 unspecified atom stereocenters. The molecule has 2 aliphatic rings. The Bertz CT molecular complexity index is 1580. The fraction of sp³-hybridized carbons (Fsp3) is 0.156. The van der Waals surface area contributed by atoms with Crippen molar-refractivity contribution in [1.82, 2.24) is 4.98 Å². The Morgan fingerprint density at radius 2 is 1.50 bits per heavy atom. The maximum absolute atomic E-state index is 4.60. The Kier molecular flexibility index (Phi) is 4.25. The van der Waals surface area contributed by atoms with Crippen molar-refractivity contribution in [1.29, 1.82) is 0 Å². The second-order valence-electron chi connectivity index (χ2n) is 9.85. The van der Waals surface area contributed by atoms with Gasteiger partial charge in [-0.2, -0.15) is 0 Å². The van der Waals surface area contributed by atoms with Gasteiger partial charge in [0.05, 0.1) is 5.69 Å². The van der Waals surface area contributed by atoms with E-state index in [1.807, 2.05) is 23.6 Å². The van der Waals surface area contributed by atoms with Crippen molar-refractivity contribution in [2.24, 2.45) is 0 Å². The van der Waals surface area contributed by atoms with Gasteiger partial charge in [-0.3, -0.25) is 4.98 Å². The van der Waals surface area contributed by atoms with E-state index in [0.29, 0.717) is 0 Å². The number of thiophene rings is 1. The van der Waals surface area contributed by atoms with Crippen LogP contribution in [0.4, 0.5) is 0 Å². The highest BCUT2D eigenvalue weighted by atomic mass is 32.1. The van der Waals surface area contributed by atoms with E-state index in [1.54, 1.807) is 0 Å². The summed E-state index contributed by atoms with van der Waals surface area (Å²) in [6, 6.07) is 31.8. The normalized spacial score (nSPS) is 17.6. The first-order chi connectivity index (χ1) is 16.6. The largest absolute Gasteiger partial charge is 0.256 e. The molecule has 0 saturated heterocycles. The lowest BCUT2D eigenvalue weighted by atomic mass is 9.75. The number of benzene rings is 3. The van der Waals surface area contributed by atoms with Crippen LogP contribution in [0.1, 0.15) is 32.7 Å². The monoisotopic (exact) mass is 455 g/mol. The first-order valence-corrected chi connectivity index (χ1v) is 12.8. The van der Waals surface area contributed by atoms with Crippen molar-refractivity contribution in [3.8, 4) is 32.8 Å². The standard InChI is InChI=1S/C32H25NS/c1-20-6-11-26-27-12-10-23(31-13-7-21(2)34-31)17-29(27)32(28(26)15-20)18-24-9-8-22(16-25(24)19-32)30-5-3-4-14-33-30/h3-17H,18-19H2,1-2H3. The molecule has 0 aliphatic heterocycles. The van der Waals surface area contributed by atoms with Crippen LogP contribution >= 0.6 is 11.3 Å². The highest BCUT2D eigenvalue weighted by molar-refractivity contribution is 7.15. The molecule has 3 aromatic carbocycles. The zero-order valence-corrected chi connectivity index (χ0v) is 20.2. The molecular formula is C32H25NS. The van der Waals surface area contributed by atoms with Gasteiger partial charge >= 0.3 is 0 Å². The Morgan fingerprint density at radius 3 is 2.29 bits per heavy atom. The van der Waals surface area contributed by atoms with Gasteiger partial charge in [0.25, 0.3) is 0 Å². The minimum absolute atomic E-state index is 0.00404. The summed E-state index contributed by atoms with van der Waals surface area (Å²) in [6.45, 7) is 4.41. The van der Waals surface area contributed by atoms with Gasteiger partial charge in [0.15, 0.2) is 0 Å². The number of pyridine rings is 1. The van der Waals surface area contributed by atoms with E-state index in [-0.39, 0.29) is 5.41 Å². The Balaban J connectivity index is 1.40. The van der Waals surface area contributed by atoms with E-state index < -0.39 is 0 Å². The molecule has 2 heteroatoms. The Labute approximate surface area is 204 Å². The van der Waals surface area contributed by atoms with Crippen molar-refractivity contribution in [3.63, 3.8) is 0 Å². The van der Waals surface area contributed by atoms with Crippen LogP contribution in [0.3, 0.4) is 0 Å². The molecular weight excluding hydrogens is 430 g/mol. The molecule has 0 fully saturated rings. The minimum Gasteiger partial charge on any atom is -0.256 e. The van der Waals surface area contributed by atoms with E-state index in [0.717, 1.165) is 18.5 Å². The molecule has 1 spiro atoms. The lowest BCUT2D eigenvalue weighted by molar-refractivity contribution is 0.563. The average molecular weight is 456 g/mol. The Morgan fingerprint density at radius 1 is 0.706 bits per heavy atom. The van der Waals surface area contributed by atoms with Crippen LogP contribution < -0.4 is 0 Å². The molecule has 0 bridgehead atoms. The summed E-state index contributed by atoms with van der Waals surface area (Å²) in [5, 5.41) is 0. The maximum Gasteiger partial charge on any atom is 0.0702 e. The number of rotatable bonds is 2. The second kappa shape index (κ2) is 7.25. The van der Waals surface area contributed by atoms with Crippen LogP contribution in [0.5, 0.6) is 0 Å². The minimum atomic E-state index is 0.00404. The molecule has 2 aliphatic carbocycles. The molecule has 0 saturated carbocycles. The topological polar surface area (TPSA) is 12.9 Å². The number of aryl methyl sites for hydroxylation is 2. The van der Waals surface area contributed by atoms with Crippen molar-refractivity contribution in [3.05, 3.63) is 124 Å². The highest BCUT2D eigenvalue weighted by Crippen LogP contribution is 2.56. The van der Waals surface area contributed by atoms with Crippen LogP contribution in [0, 0.1) is 13.8 Å². The lowest BCUT2D eigenvalue weighted by Gasteiger charge is -2.27. The van der Waals surface area contributed by atoms with Gasteiger partial charge in [-0.15, -0.1) is 11.3 Å².